The molecule has 0 aliphatic carbocycles. The van der Waals surface area contributed by atoms with Crippen molar-refractivity contribution in [3.05, 3.63) is 96.1 Å². The molecule has 0 saturated heterocycles. The van der Waals surface area contributed by atoms with Crippen LogP contribution in [-0.2, 0) is 0 Å². The molecule has 6 rings (SSSR count). The van der Waals surface area contributed by atoms with Crippen molar-refractivity contribution in [2.75, 3.05) is 0 Å². The molecule has 0 bridgehead atoms. The maximum absolute atomic E-state index is 2.34. The van der Waals surface area contributed by atoms with Crippen LogP contribution in [0.25, 0.3) is 53.9 Å². The van der Waals surface area contributed by atoms with Gasteiger partial charge in [-0.3, -0.25) is 0 Å². The molecule has 0 unspecified atom stereocenters. The Morgan fingerprint density at radius 2 is 0.714 bits per heavy atom. The van der Waals surface area contributed by atoms with E-state index < -0.39 is 0 Å². The van der Waals surface area contributed by atoms with Crippen LogP contribution in [-0.4, -0.2) is 0 Å². The summed E-state index contributed by atoms with van der Waals surface area (Å²) in [5, 5.41) is 13.5. The third kappa shape index (κ3) is 2.00. The second-order valence-corrected chi connectivity index (χ2v) is 7.94. The lowest BCUT2D eigenvalue weighted by molar-refractivity contribution is 1.51. The minimum atomic E-state index is 1.30. The van der Waals surface area contributed by atoms with Crippen LogP contribution in [0.5, 0.6) is 0 Å². The highest BCUT2D eigenvalue weighted by Crippen LogP contribution is 2.43. The molecule has 0 heterocycles. The molecule has 0 N–H and O–H groups in total. The van der Waals surface area contributed by atoms with Gasteiger partial charge in [0.05, 0.1) is 0 Å². The van der Waals surface area contributed by atoms with Crippen molar-refractivity contribution >= 4 is 53.9 Å². The van der Waals surface area contributed by atoms with Gasteiger partial charge in [-0.2, -0.15) is 0 Å². The number of fused-ring (bicyclic) bond motifs is 11. The average Bonchev–Trinajstić information content (AvgIpc) is 2.73. The second-order valence-electron chi connectivity index (χ2n) is 7.94. The first kappa shape index (κ1) is 15.7. The molecule has 0 aliphatic rings. The van der Waals surface area contributed by atoms with E-state index in [0.717, 1.165) is 0 Å². The molecule has 0 fully saturated rings. The molecule has 0 aliphatic heterocycles. The Hall–Kier alpha value is -3.38. The quantitative estimate of drug-likeness (QED) is 0.241. The average molecular weight is 356 g/mol. The molecule has 132 valence electrons. The first-order valence-corrected chi connectivity index (χ1v) is 9.88. The van der Waals surface area contributed by atoms with Crippen LogP contribution in [0.15, 0.2) is 84.9 Å². The van der Waals surface area contributed by atoms with Crippen molar-refractivity contribution < 1.29 is 0 Å². The zero-order chi connectivity index (χ0) is 18.8. The lowest BCUT2D eigenvalue weighted by atomic mass is 9.86. The van der Waals surface area contributed by atoms with E-state index in [1.54, 1.807) is 0 Å². The molecule has 0 radical (unpaired) electrons. The standard InChI is InChI=1S/C28H20/c1-17-11-13-23-25(15-17)19-7-3-5-9-21(19)27-22-10-6-4-8-20(22)26-16-18(2)12-14-24(26)28(23)27/h3-16H,1-2H3. The van der Waals surface area contributed by atoms with E-state index in [-0.39, 0.29) is 0 Å². The SMILES string of the molecule is Cc1ccc2c(c1)c1ccccc1c1c3ccccc3c3cc(C)ccc3c21. The smallest absolute Gasteiger partial charge is 0.00139 e. The van der Waals surface area contributed by atoms with Crippen molar-refractivity contribution in [3.63, 3.8) is 0 Å². The molecule has 0 heteroatoms. The van der Waals surface area contributed by atoms with Gasteiger partial charge in [-0.15, -0.1) is 0 Å². The van der Waals surface area contributed by atoms with Crippen molar-refractivity contribution in [1.29, 1.82) is 0 Å². The fraction of sp³-hybridized carbons (Fsp3) is 0.0714. The first-order valence-electron chi connectivity index (χ1n) is 9.88. The Balaban J connectivity index is 2.10. The highest BCUT2D eigenvalue weighted by Gasteiger charge is 2.15. The molecule has 28 heavy (non-hydrogen) atoms. The van der Waals surface area contributed by atoms with Gasteiger partial charge in [-0.05, 0) is 67.7 Å². The van der Waals surface area contributed by atoms with Crippen molar-refractivity contribution in [2.45, 2.75) is 13.8 Å². The second kappa shape index (κ2) is 5.56. The summed E-state index contributed by atoms with van der Waals surface area (Å²) in [5.41, 5.74) is 2.61. The number of aryl methyl sites for hydroxylation is 2. The molecule has 0 nitrogen and oxygen atoms in total. The summed E-state index contributed by atoms with van der Waals surface area (Å²) >= 11 is 0. The first-order chi connectivity index (χ1) is 13.7. The predicted molar refractivity (Wildman–Crippen MR) is 123 cm³/mol. The summed E-state index contributed by atoms with van der Waals surface area (Å²) in [6, 6.07) is 31.5. The molecule has 6 aromatic rings. The summed E-state index contributed by atoms with van der Waals surface area (Å²) in [7, 11) is 0. The maximum atomic E-state index is 2.34. The van der Waals surface area contributed by atoms with E-state index in [9.17, 15) is 0 Å². The third-order valence-electron chi connectivity index (χ3n) is 6.11. The van der Waals surface area contributed by atoms with Crippen molar-refractivity contribution in [2.24, 2.45) is 0 Å². The minimum absolute atomic E-state index is 1.30. The van der Waals surface area contributed by atoms with Crippen LogP contribution < -0.4 is 0 Å². The van der Waals surface area contributed by atoms with Crippen LogP contribution in [0.2, 0.25) is 0 Å². The molecule has 0 spiro atoms. The normalized spacial score (nSPS) is 11.9. The predicted octanol–water partition coefficient (Wildman–Crippen LogP) is 8.07. The number of hydrogen-bond acceptors (Lipinski definition) is 0. The summed E-state index contributed by atoms with van der Waals surface area (Å²) in [5.74, 6) is 0. The number of rotatable bonds is 0. The maximum Gasteiger partial charge on any atom is -0.00139 e. The van der Waals surface area contributed by atoms with E-state index in [1.807, 2.05) is 0 Å². The summed E-state index contributed by atoms with van der Waals surface area (Å²) in [4.78, 5) is 0. The van der Waals surface area contributed by atoms with Crippen molar-refractivity contribution in [3.8, 4) is 0 Å². The lowest BCUT2D eigenvalue weighted by Crippen LogP contribution is -1.89. The summed E-state index contributed by atoms with van der Waals surface area (Å²) in [6.07, 6.45) is 0. The van der Waals surface area contributed by atoms with Gasteiger partial charge in [-0.1, -0.05) is 96.1 Å². The Bertz CT molecular complexity index is 1450. The number of benzene rings is 6. The van der Waals surface area contributed by atoms with Crippen LogP contribution >= 0.6 is 0 Å². The third-order valence-corrected chi connectivity index (χ3v) is 6.11. The van der Waals surface area contributed by atoms with Gasteiger partial charge in [0, 0.05) is 0 Å². The molecular weight excluding hydrogens is 336 g/mol. The van der Waals surface area contributed by atoms with Crippen LogP contribution in [0.3, 0.4) is 0 Å². The molecule has 0 aromatic heterocycles. The highest BCUT2D eigenvalue weighted by atomic mass is 14.2. The van der Waals surface area contributed by atoms with Gasteiger partial charge in [0.15, 0.2) is 0 Å². The van der Waals surface area contributed by atoms with Crippen LogP contribution in [0, 0.1) is 13.8 Å². The molecule has 0 atom stereocenters. The molecule has 6 aromatic carbocycles. The summed E-state index contributed by atoms with van der Waals surface area (Å²) < 4.78 is 0. The summed E-state index contributed by atoms with van der Waals surface area (Å²) in [6.45, 7) is 4.36. The van der Waals surface area contributed by atoms with Gasteiger partial charge >= 0.3 is 0 Å². The van der Waals surface area contributed by atoms with Gasteiger partial charge in [0.1, 0.15) is 0 Å². The van der Waals surface area contributed by atoms with E-state index >= 15 is 0 Å². The largest absolute Gasteiger partial charge is 0.0616 e. The minimum Gasteiger partial charge on any atom is -0.0616 e. The topological polar surface area (TPSA) is 0 Å². The zero-order valence-electron chi connectivity index (χ0n) is 16.1. The Morgan fingerprint density at radius 1 is 0.357 bits per heavy atom. The van der Waals surface area contributed by atoms with E-state index in [0.29, 0.717) is 0 Å². The zero-order valence-corrected chi connectivity index (χ0v) is 16.1. The monoisotopic (exact) mass is 356 g/mol. The number of hydrogen-bond donors (Lipinski definition) is 0. The fourth-order valence-electron chi connectivity index (χ4n) is 4.90. The van der Waals surface area contributed by atoms with E-state index in [1.165, 1.54) is 65.0 Å². The van der Waals surface area contributed by atoms with E-state index in [4.69, 9.17) is 0 Å². The Kier molecular flexibility index (Phi) is 3.11. The van der Waals surface area contributed by atoms with E-state index in [2.05, 4.69) is 98.8 Å². The Labute approximate surface area is 164 Å². The molecule has 0 amide bonds. The molecule has 0 saturated carbocycles. The lowest BCUT2D eigenvalue weighted by Gasteiger charge is -2.17. The van der Waals surface area contributed by atoms with Crippen LogP contribution in [0.4, 0.5) is 0 Å². The van der Waals surface area contributed by atoms with Gasteiger partial charge in [0.2, 0.25) is 0 Å². The van der Waals surface area contributed by atoms with Gasteiger partial charge < -0.3 is 0 Å². The van der Waals surface area contributed by atoms with Gasteiger partial charge in [-0.25, -0.2) is 0 Å². The fourth-order valence-corrected chi connectivity index (χ4v) is 4.90. The van der Waals surface area contributed by atoms with Gasteiger partial charge in [0.25, 0.3) is 0 Å². The Morgan fingerprint density at radius 3 is 1.14 bits per heavy atom. The van der Waals surface area contributed by atoms with Crippen LogP contribution in [0.1, 0.15) is 11.1 Å². The highest BCUT2D eigenvalue weighted by molar-refractivity contribution is 6.39. The van der Waals surface area contributed by atoms with Crippen molar-refractivity contribution in [1.82, 2.24) is 0 Å². The molecular formula is C28H20.